The molecule has 0 aliphatic heterocycles. The largest absolute Gasteiger partial charge is 0.493 e. The van der Waals surface area contributed by atoms with Gasteiger partial charge in [-0.1, -0.05) is 39.7 Å². The monoisotopic (exact) mass is 551 g/mol. The SMILES string of the molecule is CCOc1cc(CNCCc2ccc(OC)c(OC)c2)c(Br)cc1OCc1c(F)cccc1Cl. The summed E-state index contributed by atoms with van der Waals surface area (Å²) in [4.78, 5) is 0. The van der Waals surface area contributed by atoms with Crippen LogP contribution in [-0.4, -0.2) is 27.4 Å². The number of methoxy groups -OCH3 is 2. The average molecular weight is 553 g/mol. The summed E-state index contributed by atoms with van der Waals surface area (Å²) in [7, 11) is 3.25. The Morgan fingerprint density at radius 1 is 0.941 bits per heavy atom. The molecule has 0 amide bonds. The second kappa shape index (κ2) is 12.8. The fourth-order valence-corrected chi connectivity index (χ4v) is 4.09. The molecule has 0 fully saturated rings. The van der Waals surface area contributed by atoms with Crippen molar-refractivity contribution in [1.82, 2.24) is 5.32 Å². The van der Waals surface area contributed by atoms with E-state index in [2.05, 4.69) is 21.2 Å². The summed E-state index contributed by atoms with van der Waals surface area (Å²) < 4.78 is 37.3. The van der Waals surface area contributed by atoms with Crippen molar-refractivity contribution in [2.75, 3.05) is 27.4 Å². The molecule has 0 aliphatic carbocycles. The van der Waals surface area contributed by atoms with Crippen molar-refractivity contribution in [3.63, 3.8) is 0 Å². The van der Waals surface area contributed by atoms with Crippen LogP contribution in [0.4, 0.5) is 4.39 Å². The molecule has 3 aromatic carbocycles. The van der Waals surface area contributed by atoms with Gasteiger partial charge in [-0.15, -0.1) is 0 Å². The first-order chi connectivity index (χ1) is 16.5. The molecule has 3 rings (SSSR count). The van der Waals surface area contributed by atoms with E-state index in [0.717, 1.165) is 34.3 Å². The topological polar surface area (TPSA) is 49.0 Å². The van der Waals surface area contributed by atoms with E-state index in [4.69, 9.17) is 30.5 Å². The van der Waals surface area contributed by atoms with E-state index in [0.29, 0.717) is 41.0 Å². The smallest absolute Gasteiger partial charge is 0.162 e. The summed E-state index contributed by atoms with van der Waals surface area (Å²) in [6, 6.07) is 14.3. The Labute approximate surface area is 213 Å². The van der Waals surface area contributed by atoms with Gasteiger partial charge in [0.1, 0.15) is 12.4 Å². The van der Waals surface area contributed by atoms with Crippen LogP contribution in [0.1, 0.15) is 23.6 Å². The van der Waals surface area contributed by atoms with E-state index >= 15 is 0 Å². The predicted molar refractivity (Wildman–Crippen MR) is 136 cm³/mol. The summed E-state index contributed by atoms with van der Waals surface area (Å²) in [6.45, 7) is 3.79. The molecule has 0 aromatic heterocycles. The normalized spacial score (nSPS) is 10.8. The zero-order valence-corrected chi connectivity index (χ0v) is 21.8. The molecule has 1 N–H and O–H groups in total. The Kier molecular flexibility index (Phi) is 9.86. The lowest BCUT2D eigenvalue weighted by atomic mass is 10.1. The van der Waals surface area contributed by atoms with E-state index in [9.17, 15) is 4.39 Å². The molecule has 5 nitrogen and oxygen atoms in total. The molecule has 0 saturated carbocycles. The van der Waals surface area contributed by atoms with Crippen LogP contribution in [0, 0.1) is 5.82 Å². The van der Waals surface area contributed by atoms with Crippen molar-refractivity contribution in [3.05, 3.63) is 80.5 Å². The highest BCUT2D eigenvalue weighted by Gasteiger charge is 2.14. The van der Waals surface area contributed by atoms with Gasteiger partial charge in [-0.3, -0.25) is 0 Å². The van der Waals surface area contributed by atoms with Gasteiger partial charge < -0.3 is 24.3 Å². The van der Waals surface area contributed by atoms with Gasteiger partial charge in [-0.25, -0.2) is 4.39 Å². The molecule has 0 saturated heterocycles. The van der Waals surface area contributed by atoms with Gasteiger partial charge in [0.15, 0.2) is 23.0 Å². The first-order valence-electron chi connectivity index (χ1n) is 10.9. The maximum absolute atomic E-state index is 14.1. The number of hydrogen-bond acceptors (Lipinski definition) is 5. The third kappa shape index (κ3) is 6.78. The zero-order chi connectivity index (χ0) is 24.5. The van der Waals surface area contributed by atoms with Crippen LogP contribution in [0.25, 0.3) is 0 Å². The van der Waals surface area contributed by atoms with Gasteiger partial charge in [0.25, 0.3) is 0 Å². The average Bonchev–Trinajstić information content (AvgIpc) is 2.83. The summed E-state index contributed by atoms with van der Waals surface area (Å²) in [5, 5.41) is 3.78. The summed E-state index contributed by atoms with van der Waals surface area (Å²) in [6.07, 6.45) is 0.834. The first kappa shape index (κ1) is 26.1. The highest BCUT2D eigenvalue weighted by Crippen LogP contribution is 2.35. The Hall–Kier alpha value is -2.48. The Balaban J connectivity index is 1.63. The van der Waals surface area contributed by atoms with Crippen molar-refractivity contribution in [2.24, 2.45) is 0 Å². The number of nitrogens with one attached hydrogen (secondary N) is 1. The van der Waals surface area contributed by atoms with Crippen LogP contribution in [0.3, 0.4) is 0 Å². The zero-order valence-electron chi connectivity index (χ0n) is 19.4. The summed E-state index contributed by atoms with van der Waals surface area (Å²) in [5.74, 6) is 2.14. The van der Waals surface area contributed by atoms with Crippen molar-refractivity contribution in [3.8, 4) is 23.0 Å². The van der Waals surface area contributed by atoms with E-state index in [1.54, 1.807) is 26.4 Å². The van der Waals surface area contributed by atoms with Crippen molar-refractivity contribution >= 4 is 27.5 Å². The minimum atomic E-state index is -0.403. The van der Waals surface area contributed by atoms with E-state index < -0.39 is 5.82 Å². The number of hydrogen-bond donors (Lipinski definition) is 1. The lowest BCUT2D eigenvalue weighted by Gasteiger charge is -2.16. The van der Waals surface area contributed by atoms with Gasteiger partial charge in [-0.2, -0.15) is 0 Å². The standard InChI is InChI=1S/C26H28BrClFNO4/c1-4-33-25-13-18(15-30-11-10-17-8-9-23(31-2)24(12-17)32-3)20(27)14-26(25)34-16-19-21(28)6-5-7-22(19)29/h5-9,12-14,30H,4,10-11,15-16H2,1-3H3. The first-order valence-corrected chi connectivity index (χ1v) is 12.1. The fourth-order valence-electron chi connectivity index (χ4n) is 3.41. The predicted octanol–water partition coefficient (Wildman–Crippen LogP) is 6.57. The number of rotatable bonds is 12. The minimum Gasteiger partial charge on any atom is -0.493 e. The van der Waals surface area contributed by atoms with E-state index in [-0.39, 0.29) is 6.61 Å². The molecule has 0 radical (unpaired) electrons. The highest BCUT2D eigenvalue weighted by molar-refractivity contribution is 9.10. The quantitative estimate of drug-likeness (QED) is 0.258. The molecule has 8 heteroatoms. The third-order valence-corrected chi connectivity index (χ3v) is 6.29. The summed E-state index contributed by atoms with van der Waals surface area (Å²) >= 11 is 9.73. The molecular weight excluding hydrogens is 525 g/mol. The molecular formula is C26H28BrClFNO4. The number of ether oxygens (including phenoxy) is 4. The number of halogens is 3. The van der Waals surface area contributed by atoms with Gasteiger partial charge in [0.05, 0.1) is 25.8 Å². The Bertz CT molecular complexity index is 1090. The van der Waals surface area contributed by atoms with Crippen molar-refractivity contribution in [1.29, 1.82) is 0 Å². The molecule has 0 aliphatic rings. The van der Waals surface area contributed by atoms with Crippen LogP contribution >= 0.6 is 27.5 Å². The molecule has 0 bridgehead atoms. The fraction of sp³-hybridized carbons (Fsp3) is 0.308. The van der Waals surface area contributed by atoms with Crippen LogP contribution in [0.15, 0.2) is 53.0 Å². The van der Waals surface area contributed by atoms with Crippen molar-refractivity contribution in [2.45, 2.75) is 26.5 Å². The van der Waals surface area contributed by atoms with Gasteiger partial charge in [-0.05, 0) is 67.4 Å². The Morgan fingerprint density at radius 3 is 2.41 bits per heavy atom. The van der Waals surface area contributed by atoms with Crippen LogP contribution < -0.4 is 24.3 Å². The number of benzene rings is 3. The van der Waals surface area contributed by atoms with E-state index in [1.807, 2.05) is 37.3 Å². The minimum absolute atomic E-state index is 0.000934. The van der Waals surface area contributed by atoms with E-state index in [1.165, 1.54) is 6.07 Å². The van der Waals surface area contributed by atoms with Crippen LogP contribution in [-0.2, 0) is 19.6 Å². The van der Waals surface area contributed by atoms with Gasteiger partial charge >= 0.3 is 0 Å². The highest BCUT2D eigenvalue weighted by atomic mass is 79.9. The lowest BCUT2D eigenvalue weighted by molar-refractivity contribution is 0.265. The third-order valence-electron chi connectivity index (χ3n) is 5.20. The second-order valence-electron chi connectivity index (χ2n) is 7.43. The molecule has 0 heterocycles. The molecule has 34 heavy (non-hydrogen) atoms. The Morgan fingerprint density at radius 2 is 1.71 bits per heavy atom. The molecule has 0 spiro atoms. The molecule has 182 valence electrons. The molecule has 3 aromatic rings. The summed E-state index contributed by atoms with van der Waals surface area (Å²) in [5.41, 5.74) is 2.48. The van der Waals surface area contributed by atoms with Crippen LogP contribution in [0.5, 0.6) is 23.0 Å². The second-order valence-corrected chi connectivity index (χ2v) is 8.69. The maximum atomic E-state index is 14.1. The molecule has 0 atom stereocenters. The maximum Gasteiger partial charge on any atom is 0.162 e. The van der Waals surface area contributed by atoms with Gasteiger partial charge in [0.2, 0.25) is 0 Å². The molecule has 0 unspecified atom stereocenters. The van der Waals surface area contributed by atoms with Crippen molar-refractivity contribution < 1.29 is 23.3 Å². The van der Waals surface area contributed by atoms with Crippen LogP contribution in [0.2, 0.25) is 5.02 Å². The lowest BCUT2D eigenvalue weighted by Crippen LogP contribution is -2.17. The van der Waals surface area contributed by atoms with Gasteiger partial charge in [0, 0.05) is 16.6 Å².